The summed E-state index contributed by atoms with van der Waals surface area (Å²) in [6, 6.07) is 0. The second kappa shape index (κ2) is 4.75. The average molecular weight is 134 g/mol. The zero-order valence-corrected chi connectivity index (χ0v) is 5.57. The summed E-state index contributed by atoms with van der Waals surface area (Å²) in [7, 11) is -1.74. The van der Waals surface area contributed by atoms with Crippen molar-refractivity contribution < 1.29 is 19.4 Å². The van der Waals surface area contributed by atoms with Gasteiger partial charge in [-0.15, -0.1) is 0 Å². The van der Waals surface area contributed by atoms with Crippen LogP contribution in [0.15, 0.2) is 0 Å². The molecule has 0 bridgehead atoms. The van der Waals surface area contributed by atoms with Gasteiger partial charge in [-0.3, -0.25) is 0 Å². The van der Waals surface area contributed by atoms with Crippen LogP contribution in [-0.2, 0) is 9.39 Å². The highest BCUT2D eigenvalue weighted by atomic mass is 16.7. The Bertz CT molecular complexity index is 67.6. The highest BCUT2D eigenvalue weighted by Gasteiger charge is 2.12. The SMILES string of the molecule is CCOC(C)OB(O)O. The Hall–Kier alpha value is -0.0951. The Morgan fingerprint density at radius 2 is 2.11 bits per heavy atom. The number of hydrogen-bond acceptors (Lipinski definition) is 4. The van der Waals surface area contributed by atoms with Crippen molar-refractivity contribution in [3.05, 3.63) is 0 Å². The molecule has 4 nitrogen and oxygen atoms in total. The Morgan fingerprint density at radius 1 is 1.56 bits per heavy atom. The van der Waals surface area contributed by atoms with Crippen molar-refractivity contribution in [2.75, 3.05) is 6.61 Å². The maximum atomic E-state index is 8.20. The third kappa shape index (κ3) is 5.78. The van der Waals surface area contributed by atoms with Crippen LogP contribution in [0.25, 0.3) is 0 Å². The molecule has 0 radical (unpaired) electrons. The van der Waals surface area contributed by atoms with E-state index in [0.29, 0.717) is 6.61 Å². The highest BCUT2D eigenvalue weighted by Crippen LogP contribution is 1.91. The van der Waals surface area contributed by atoms with Crippen molar-refractivity contribution in [3.63, 3.8) is 0 Å². The van der Waals surface area contributed by atoms with Gasteiger partial charge in [0, 0.05) is 6.61 Å². The Labute approximate surface area is 54.6 Å². The molecule has 0 fully saturated rings. The molecule has 5 heteroatoms. The molecule has 0 aliphatic carbocycles. The van der Waals surface area contributed by atoms with Crippen LogP contribution in [-0.4, -0.2) is 30.3 Å². The summed E-state index contributed by atoms with van der Waals surface area (Å²) >= 11 is 0. The maximum absolute atomic E-state index is 8.20. The third-order valence-electron chi connectivity index (χ3n) is 0.715. The second-order valence-corrected chi connectivity index (χ2v) is 1.49. The summed E-state index contributed by atoms with van der Waals surface area (Å²) in [5.41, 5.74) is 0. The highest BCUT2D eigenvalue weighted by molar-refractivity contribution is 6.32. The van der Waals surface area contributed by atoms with E-state index in [1.165, 1.54) is 0 Å². The van der Waals surface area contributed by atoms with Crippen LogP contribution in [0.3, 0.4) is 0 Å². The second-order valence-electron chi connectivity index (χ2n) is 1.49. The molecule has 0 rings (SSSR count). The minimum atomic E-state index is -1.74. The van der Waals surface area contributed by atoms with E-state index in [2.05, 4.69) is 4.65 Å². The first-order chi connectivity index (χ1) is 4.16. The van der Waals surface area contributed by atoms with Gasteiger partial charge in [-0.25, -0.2) is 0 Å². The number of hydrogen-bond donors (Lipinski definition) is 2. The Kier molecular flexibility index (Phi) is 4.70. The van der Waals surface area contributed by atoms with E-state index in [1.807, 2.05) is 0 Å². The van der Waals surface area contributed by atoms with Gasteiger partial charge in [0.1, 0.15) is 6.29 Å². The van der Waals surface area contributed by atoms with Gasteiger partial charge >= 0.3 is 7.32 Å². The number of rotatable bonds is 4. The molecule has 0 aromatic carbocycles. The van der Waals surface area contributed by atoms with E-state index in [-0.39, 0.29) is 0 Å². The molecule has 1 atom stereocenters. The molecule has 0 heterocycles. The molecule has 0 spiro atoms. The first-order valence-electron chi connectivity index (χ1n) is 2.80. The normalized spacial score (nSPS) is 13.3. The summed E-state index contributed by atoms with van der Waals surface area (Å²) in [6.07, 6.45) is -0.560. The van der Waals surface area contributed by atoms with Crippen LogP contribution in [0.4, 0.5) is 0 Å². The lowest BCUT2D eigenvalue weighted by molar-refractivity contribution is -0.0835. The lowest BCUT2D eigenvalue weighted by Gasteiger charge is -2.10. The minimum Gasteiger partial charge on any atom is -0.402 e. The van der Waals surface area contributed by atoms with Gasteiger partial charge in [-0.1, -0.05) is 0 Å². The zero-order valence-electron chi connectivity index (χ0n) is 5.57. The predicted octanol–water partition coefficient (Wildman–Crippen LogP) is -0.645. The van der Waals surface area contributed by atoms with Crippen molar-refractivity contribution in [2.24, 2.45) is 0 Å². The van der Waals surface area contributed by atoms with Gasteiger partial charge < -0.3 is 19.4 Å². The summed E-state index contributed by atoms with van der Waals surface area (Å²) in [5.74, 6) is 0. The van der Waals surface area contributed by atoms with Crippen LogP contribution < -0.4 is 0 Å². The molecule has 0 aromatic rings. The summed E-state index contributed by atoms with van der Waals surface area (Å²) in [5, 5.41) is 16.4. The molecule has 0 saturated carbocycles. The van der Waals surface area contributed by atoms with Crippen molar-refractivity contribution in [3.8, 4) is 0 Å². The van der Waals surface area contributed by atoms with Crippen molar-refractivity contribution >= 4 is 7.32 Å². The molecule has 0 amide bonds. The first kappa shape index (κ1) is 8.90. The van der Waals surface area contributed by atoms with E-state index in [4.69, 9.17) is 14.8 Å². The Morgan fingerprint density at radius 3 is 2.44 bits per heavy atom. The van der Waals surface area contributed by atoms with Crippen LogP contribution >= 0.6 is 0 Å². The summed E-state index contributed by atoms with van der Waals surface area (Å²) in [4.78, 5) is 0. The molecule has 0 saturated heterocycles. The topological polar surface area (TPSA) is 58.9 Å². The smallest absolute Gasteiger partial charge is 0.402 e. The Balaban J connectivity index is 3.15. The van der Waals surface area contributed by atoms with Gasteiger partial charge in [0.25, 0.3) is 0 Å². The molecule has 1 unspecified atom stereocenters. The van der Waals surface area contributed by atoms with E-state index in [1.54, 1.807) is 13.8 Å². The fourth-order valence-corrected chi connectivity index (χ4v) is 0.445. The van der Waals surface area contributed by atoms with Crippen molar-refractivity contribution in [1.29, 1.82) is 0 Å². The first-order valence-corrected chi connectivity index (χ1v) is 2.80. The molecule has 54 valence electrons. The van der Waals surface area contributed by atoms with E-state index < -0.39 is 13.6 Å². The summed E-state index contributed by atoms with van der Waals surface area (Å²) < 4.78 is 9.19. The van der Waals surface area contributed by atoms with Gasteiger partial charge in [0.05, 0.1) is 0 Å². The number of ether oxygens (including phenoxy) is 1. The summed E-state index contributed by atoms with van der Waals surface area (Å²) in [6.45, 7) is 3.88. The predicted molar refractivity (Wildman–Crippen MR) is 32.4 cm³/mol. The van der Waals surface area contributed by atoms with E-state index >= 15 is 0 Å². The molecule has 0 aliphatic heterocycles. The van der Waals surface area contributed by atoms with E-state index in [9.17, 15) is 0 Å². The van der Waals surface area contributed by atoms with Gasteiger partial charge in [-0.2, -0.15) is 0 Å². The van der Waals surface area contributed by atoms with Crippen molar-refractivity contribution in [2.45, 2.75) is 20.1 Å². The molecular weight excluding hydrogens is 123 g/mol. The monoisotopic (exact) mass is 134 g/mol. The van der Waals surface area contributed by atoms with Gasteiger partial charge in [-0.05, 0) is 13.8 Å². The van der Waals surface area contributed by atoms with Crippen molar-refractivity contribution in [1.82, 2.24) is 0 Å². The van der Waals surface area contributed by atoms with Crippen LogP contribution in [0.2, 0.25) is 0 Å². The van der Waals surface area contributed by atoms with Crippen LogP contribution in [0, 0.1) is 0 Å². The maximum Gasteiger partial charge on any atom is 0.635 e. The van der Waals surface area contributed by atoms with Gasteiger partial charge in [0.15, 0.2) is 0 Å². The van der Waals surface area contributed by atoms with Gasteiger partial charge in [0.2, 0.25) is 0 Å². The quantitative estimate of drug-likeness (QED) is 0.396. The average Bonchev–Trinajstić information content (AvgIpc) is 1.63. The molecule has 0 aliphatic rings. The lowest BCUT2D eigenvalue weighted by atomic mass is 10.3. The molecule has 2 N–H and O–H groups in total. The fraction of sp³-hybridized carbons (Fsp3) is 1.00. The molecular formula is C4H11BO4. The standard InChI is InChI=1S/C4H11BO4/c1-3-8-4(2)9-5(6)7/h4,6-7H,3H2,1-2H3. The van der Waals surface area contributed by atoms with Crippen LogP contribution in [0.1, 0.15) is 13.8 Å². The molecule has 0 aromatic heterocycles. The fourth-order valence-electron chi connectivity index (χ4n) is 0.445. The zero-order chi connectivity index (χ0) is 7.28. The lowest BCUT2D eigenvalue weighted by Crippen LogP contribution is -2.25. The largest absolute Gasteiger partial charge is 0.635 e. The van der Waals surface area contributed by atoms with Crippen LogP contribution in [0.5, 0.6) is 0 Å². The molecule has 9 heavy (non-hydrogen) atoms. The van der Waals surface area contributed by atoms with E-state index in [0.717, 1.165) is 0 Å². The third-order valence-corrected chi connectivity index (χ3v) is 0.715. The minimum absolute atomic E-state index is 0.494.